The number of hydrogen-bond acceptors (Lipinski definition) is 4. The second kappa shape index (κ2) is 6.50. The first kappa shape index (κ1) is 15.7. The first-order valence-electron chi connectivity index (χ1n) is 8.08. The summed E-state index contributed by atoms with van der Waals surface area (Å²) < 4.78 is 1.43. The van der Waals surface area contributed by atoms with E-state index in [1.165, 1.54) is 4.68 Å². The fraction of sp³-hybridized carbons (Fsp3) is 0.471. The van der Waals surface area contributed by atoms with Gasteiger partial charge in [-0.05, 0) is 12.0 Å². The van der Waals surface area contributed by atoms with Crippen LogP contribution >= 0.6 is 0 Å². The number of carbonyl (C=O) groups is 1. The maximum Gasteiger partial charge on any atom is 0.275 e. The molecule has 2 aromatic rings. The van der Waals surface area contributed by atoms with Crippen molar-refractivity contribution in [1.82, 2.24) is 20.0 Å². The SMILES string of the molecule is CC(C)Cn1nc(C(=O)N2CCNCC2)c2ccccc2c1=O. The molecule has 3 rings (SSSR count). The van der Waals surface area contributed by atoms with Crippen LogP contribution in [0.5, 0.6) is 0 Å². The summed E-state index contributed by atoms with van der Waals surface area (Å²) in [4.78, 5) is 27.3. The second-order valence-corrected chi connectivity index (χ2v) is 6.32. The molecule has 1 aliphatic rings. The Morgan fingerprint density at radius 2 is 1.87 bits per heavy atom. The second-order valence-electron chi connectivity index (χ2n) is 6.32. The van der Waals surface area contributed by atoms with Crippen LogP contribution in [0.2, 0.25) is 0 Å². The molecular weight excluding hydrogens is 292 g/mol. The van der Waals surface area contributed by atoms with E-state index in [-0.39, 0.29) is 17.4 Å². The van der Waals surface area contributed by atoms with Crippen molar-refractivity contribution >= 4 is 16.7 Å². The summed E-state index contributed by atoms with van der Waals surface area (Å²) in [5.74, 6) is 0.184. The lowest BCUT2D eigenvalue weighted by atomic mass is 10.1. The zero-order valence-electron chi connectivity index (χ0n) is 13.6. The smallest absolute Gasteiger partial charge is 0.275 e. The molecule has 0 radical (unpaired) electrons. The Kier molecular flexibility index (Phi) is 4.43. The Bertz CT molecular complexity index is 776. The third-order valence-corrected chi connectivity index (χ3v) is 4.01. The molecule has 0 aliphatic carbocycles. The van der Waals surface area contributed by atoms with Crippen LogP contribution in [0.3, 0.4) is 0 Å². The molecule has 2 heterocycles. The van der Waals surface area contributed by atoms with Crippen molar-refractivity contribution in [2.45, 2.75) is 20.4 Å². The van der Waals surface area contributed by atoms with Crippen molar-refractivity contribution in [2.75, 3.05) is 26.2 Å². The fourth-order valence-electron chi connectivity index (χ4n) is 2.88. The van der Waals surface area contributed by atoms with Crippen molar-refractivity contribution in [3.8, 4) is 0 Å². The first-order chi connectivity index (χ1) is 11.1. The summed E-state index contributed by atoms with van der Waals surface area (Å²) in [5, 5.41) is 8.84. The van der Waals surface area contributed by atoms with Crippen molar-refractivity contribution in [2.24, 2.45) is 5.92 Å². The predicted octanol–water partition coefficient (Wildman–Crippen LogP) is 1.10. The highest BCUT2D eigenvalue weighted by atomic mass is 16.2. The average Bonchev–Trinajstić information content (AvgIpc) is 2.57. The van der Waals surface area contributed by atoms with Gasteiger partial charge in [-0.3, -0.25) is 9.59 Å². The fourth-order valence-corrected chi connectivity index (χ4v) is 2.88. The predicted molar refractivity (Wildman–Crippen MR) is 89.6 cm³/mol. The summed E-state index contributed by atoms with van der Waals surface area (Å²) >= 11 is 0. The van der Waals surface area contributed by atoms with Gasteiger partial charge in [0.25, 0.3) is 11.5 Å². The molecule has 1 saturated heterocycles. The molecule has 23 heavy (non-hydrogen) atoms. The number of nitrogens with one attached hydrogen (secondary N) is 1. The van der Waals surface area contributed by atoms with Gasteiger partial charge in [-0.2, -0.15) is 5.10 Å². The number of rotatable bonds is 3. The Labute approximate surface area is 135 Å². The van der Waals surface area contributed by atoms with E-state index in [1.807, 2.05) is 26.0 Å². The summed E-state index contributed by atoms with van der Waals surface area (Å²) in [5.41, 5.74) is 0.244. The highest BCUT2D eigenvalue weighted by molar-refractivity contribution is 6.04. The number of aromatic nitrogens is 2. The van der Waals surface area contributed by atoms with Gasteiger partial charge < -0.3 is 10.2 Å². The number of benzene rings is 1. The Hall–Kier alpha value is -2.21. The van der Waals surface area contributed by atoms with Crippen molar-refractivity contribution in [3.63, 3.8) is 0 Å². The minimum absolute atomic E-state index is 0.0970. The lowest BCUT2D eigenvalue weighted by molar-refractivity contribution is 0.0729. The Balaban J connectivity index is 2.12. The molecule has 0 spiro atoms. The molecule has 1 aliphatic heterocycles. The van der Waals surface area contributed by atoms with Crippen LogP contribution in [0.4, 0.5) is 0 Å². The minimum atomic E-state index is -0.133. The van der Waals surface area contributed by atoms with Gasteiger partial charge in [-0.15, -0.1) is 0 Å². The molecule has 122 valence electrons. The zero-order chi connectivity index (χ0) is 16.4. The number of hydrogen-bond donors (Lipinski definition) is 1. The Morgan fingerprint density at radius 1 is 1.22 bits per heavy atom. The topological polar surface area (TPSA) is 67.2 Å². The van der Waals surface area contributed by atoms with E-state index in [0.717, 1.165) is 13.1 Å². The maximum absolute atomic E-state index is 12.9. The molecule has 1 fully saturated rings. The number of nitrogens with zero attached hydrogens (tertiary/aromatic N) is 3. The van der Waals surface area contributed by atoms with Crippen LogP contribution in [0, 0.1) is 5.92 Å². The number of carbonyl (C=O) groups excluding carboxylic acids is 1. The van der Waals surface area contributed by atoms with Crippen LogP contribution in [0.1, 0.15) is 24.3 Å². The Morgan fingerprint density at radius 3 is 2.52 bits per heavy atom. The van der Waals surface area contributed by atoms with Gasteiger partial charge in [0.05, 0.1) is 5.39 Å². The summed E-state index contributed by atoms with van der Waals surface area (Å²) in [6.45, 7) is 7.47. The van der Waals surface area contributed by atoms with Crippen molar-refractivity contribution in [1.29, 1.82) is 0 Å². The standard InChI is InChI=1S/C17H22N4O2/c1-12(2)11-21-16(22)14-6-4-3-5-13(14)15(19-21)17(23)20-9-7-18-8-10-20/h3-6,12,18H,7-11H2,1-2H3. The molecule has 1 amide bonds. The van der Waals surface area contributed by atoms with Crippen molar-refractivity contribution in [3.05, 3.63) is 40.3 Å². The van der Waals surface area contributed by atoms with Gasteiger partial charge in [0.2, 0.25) is 0 Å². The number of fused-ring (bicyclic) bond motifs is 1. The average molecular weight is 314 g/mol. The van der Waals surface area contributed by atoms with Gasteiger partial charge in [-0.25, -0.2) is 4.68 Å². The highest BCUT2D eigenvalue weighted by Crippen LogP contribution is 2.16. The van der Waals surface area contributed by atoms with Crippen molar-refractivity contribution < 1.29 is 4.79 Å². The molecule has 0 atom stereocenters. The third kappa shape index (κ3) is 3.12. The molecule has 6 heteroatoms. The van der Waals surface area contributed by atoms with Gasteiger partial charge in [0.1, 0.15) is 0 Å². The molecule has 0 bridgehead atoms. The third-order valence-electron chi connectivity index (χ3n) is 4.01. The molecule has 1 aromatic heterocycles. The number of amides is 1. The molecule has 0 unspecified atom stereocenters. The highest BCUT2D eigenvalue weighted by Gasteiger charge is 2.23. The van der Waals surface area contributed by atoms with Crippen LogP contribution in [0.15, 0.2) is 29.1 Å². The monoisotopic (exact) mass is 314 g/mol. The van der Waals surface area contributed by atoms with Crippen LogP contribution in [0.25, 0.3) is 10.8 Å². The lowest BCUT2D eigenvalue weighted by Gasteiger charge is -2.27. The van der Waals surface area contributed by atoms with E-state index in [4.69, 9.17) is 0 Å². The normalized spacial score (nSPS) is 15.3. The van der Waals surface area contributed by atoms with E-state index in [0.29, 0.717) is 36.1 Å². The van der Waals surface area contributed by atoms with Crippen LogP contribution in [-0.4, -0.2) is 46.8 Å². The summed E-state index contributed by atoms with van der Waals surface area (Å²) in [7, 11) is 0. The maximum atomic E-state index is 12.9. The minimum Gasteiger partial charge on any atom is -0.335 e. The van der Waals surface area contributed by atoms with E-state index < -0.39 is 0 Å². The van der Waals surface area contributed by atoms with E-state index in [1.54, 1.807) is 17.0 Å². The summed E-state index contributed by atoms with van der Waals surface area (Å²) in [6, 6.07) is 7.23. The van der Waals surface area contributed by atoms with Gasteiger partial charge >= 0.3 is 0 Å². The quantitative estimate of drug-likeness (QED) is 0.921. The molecule has 0 saturated carbocycles. The van der Waals surface area contributed by atoms with E-state index in [9.17, 15) is 9.59 Å². The zero-order valence-corrected chi connectivity index (χ0v) is 13.6. The summed E-state index contributed by atoms with van der Waals surface area (Å²) in [6.07, 6.45) is 0. The molecule has 1 N–H and O–H groups in total. The number of piperazine rings is 1. The van der Waals surface area contributed by atoms with Gasteiger partial charge in [0.15, 0.2) is 5.69 Å². The van der Waals surface area contributed by atoms with E-state index in [2.05, 4.69) is 10.4 Å². The van der Waals surface area contributed by atoms with Crippen LogP contribution in [-0.2, 0) is 6.54 Å². The molecule has 1 aromatic carbocycles. The lowest BCUT2D eigenvalue weighted by Crippen LogP contribution is -2.47. The molecule has 6 nitrogen and oxygen atoms in total. The van der Waals surface area contributed by atoms with E-state index >= 15 is 0 Å². The van der Waals surface area contributed by atoms with Gasteiger partial charge in [0, 0.05) is 38.1 Å². The largest absolute Gasteiger partial charge is 0.335 e. The first-order valence-corrected chi connectivity index (χ1v) is 8.08. The molecular formula is C17H22N4O2. The van der Waals surface area contributed by atoms with Crippen LogP contribution < -0.4 is 10.9 Å². The van der Waals surface area contributed by atoms with Gasteiger partial charge in [-0.1, -0.05) is 32.0 Å².